The molecule has 5 nitrogen and oxygen atoms in total. The molecule has 0 spiro atoms. The van der Waals surface area contributed by atoms with Gasteiger partial charge in [-0.25, -0.2) is 4.79 Å². The van der Waals surface area contributed by atoms with E-state index in [4.69, 9.17) is 0 Å². The average molecular weight is 268 g/mol. The van der Waals surface area contributed by atoms with Gasteiger partial charge >= 0.3 is 5.97 Å². The molecule has 0 radical (unpaired) electrons. The summed E-state index contributed by atoms with van der Waals surface area (Å²) in [6, 6.07) is -0.974. The number of rotatable bonds is 5. The molecule has 3 N–H and O–H groups in total. The van der Waals surface area contributed by atoms with Crippen LogP contribution in [-0.2, 0) is 9.59 Å². The molecule has 1 aliphatic heterocycles. The van der Waals surface area contributed by atoms with Crippen LogP contribution in [0.3, 0.4) is 0 Å². The molecule has 1 saturated carbocycles. The van der Waals surface area contributed by atoms with Crippen LogP contribution in [0.2, 0.25) is 0 Å². The van der Waals surface area contributed by atoms with Gasteiger partial charge in [-0.05, 0) is 37.1 Å². The van der Waals surface area contributed by atoms with E-state index in [1.54, 1.807) is 0 Å². The highest BCUT2D eigenvalue weighted by Crippen LogP contribution is 2.37. The van der Waals surface area contributed by atoms with E-state index in [2.05, 4.69) is 10.6 Å². The molecule has 1 aliphatic carbocycles. The predicted molar refractivity (Wildman–Crippen MR) is 71.6 cm³/mol. The van der Waals surface area contributed by atoms with Crippen LogP contribution in [0.4, 0.5) is 0 Å². The summed E-state index contributed by atoms with van der Waals surface area (Å²) >= 11 is 0. The number of aliphatic carboxylic acids is 1. The van der Waals surface area contributed by atoms with Crippen LogP contribution in [0.5, 0.6) is 0 Å². The summed E-state index contributed by atoms with van der Waals surface area (Å²) in [6.07, 6.45) is 4.20. The lowest BCUT2D eigenvalue weighted by Crippen LogP contribution is -2.52. The van der Waals surface area contributed by atoms with E-state index in [0.717, 1.165) is 19.4 Å². The smallest absolute Gasteiger partial charge is 0.326 e. The summed E-state index contributed by atoms with van der Waals surface area (Å²) in [5.74, 6) is -0.137. The Kier molecular flexibility index (Phi) is 4.45. The SMILES string of the molecule is CCC(C)[C@H](NC(=O)C1NCC2CCCC21)C(=O)O. The molecule has 1 heterocycles. The Morgan fingerprint density at radius 3 is 2.79 bits per heavy atom. The molecular weight excluding hydrogens is 244 g/mol. The van der Waals surface area contributed by atoms with Crippen molar-refractivity contribution in [3.8, 4) is 0 Å². The van der Waals surface area contributed by atoms with Crippen molar-refractivity contribution in [1.29, 1.82) is 0 Å². The molecule has 0 aromatic carbocycles. The Morgan fingerprint density at radius 2 is 2.16 bits per heavy atom. The van der Waals surface area contributed by atoms with Gasteiger partial charge < -0.3 is 15.7 Å². The molecule has 2 aliphatic rings. The zero-order chi connectivity index (χ0) is 14.0. The first-order valence-corrected chi connectivity index (χ1v) is 7.31. The Bertz CT molecular complexity index is 359. The second-order valence-electron chi connectivity index (χ2n) is 5.95. The number of carbonyl (C=O) groups is 2. The Morgan fingerprint density at radius 1 is 1.42 bits per heavy atom. The van der Waals surface area contributed by atoms with Crippen LogP contribution in [0.1, 0.15) is 39.5 Å². The van der Waals surface area contributed by atoms with Gasteiger partial charge in [0.05, 0.1) is 6.04 Å². The third-order valence-electron chi connectivity index (χ3n) is 4.81. The van der Waals surface area contributed by atoms with Crippen LogP contribution in [0.25, 0.3) is 0 Å². The minimum atomic E-state index is -0.941. The van der Waals surface area contributed by atoms with Gasteiger partial charge in [-0.1, -0.05) is 26.7 Å². The predicted octanol–water partition coefficient (Wildman–Crippen LogP) is 0.990. The highest BCUT2D eigenvalue weighted by Gasteiger charge is 2.43. The van der Waals surface area contributed by atoms with Gasteiger partial charge in [-0.3, -0.25) is 4.79 Å². The fourth-order valence-electron chi connectivity index (χ4n) is 3.40. The monoisotopic (exact) mass is 268 g/mol. The Hall–Kier alpha value is -1.10. The molecule has 4 unspecified atom stereocenters. The lowest BCUT2D eigenvalue weighted by molar-refractivity contribution is -0.143. The maximum Gasteiger partial charge on any atom is 0.326 e. The molecule has 5 atom stereocenters. The van der Waals surface area contributed by atoms with Gasteiger partial charge in [0.1, 0.15) is 6.04 Å². The lowest BCUT2D eigenvalue weighted by Gasteiger charge is -2.24. The zero-order valence-corrected chi connectivity index (χ0v) is 11.7. The number of carboxylic acids is 1. The number of hydrogen-bond donors (Lipinski definition) is 3. The van der Waals surface area contributed by atoms with Crippen LogP contribution < -0.4 is 10.6 Å². The minimum absolute atomic E-state index is 0.0535. The van der Waals surface area contributed by atoms with Gasteiger partial charge in [0.15, 0.2) is 0 Å². The van der Waals surface area contributed by atoms with Crippen molar-refractivity contribution in [2.24, 2.45) is 17.8 Å². The zero-order valence-electron chi connectivity index (χ0n) is 11.7. The standard InChI is InChI=1S/C14H24N2O3/c1-3-8(2)11(14(18)19)16-13(17)12-10-6-4-5-9(10)7-15-12/h8-12,15H,3-7H2,1-2H3,(H,16,17)(H,18,19)/t8?,9?,10?,11-,12?/m0/s1. The maximum atomic E-state index is 12.3. The van der Waals surface area contributed by atoms with Crippen LogP contribution >= 0.6 is 0 Å². The second kappa shape index (κ2) is 5.90. The van der Waals surface area contributed by atoms with Crippen molar-refractivity contribution < 1.29 is 14.7 Å². The Labute approximate surface area is 114 Å². The first kappa shape index (κ1) is 14.3. The summed E-state index contributed by atoms with van der Waals surface area (Å²) in [5.41, 5.74) is 0. The molecule has 0 bridgehead atoms. The van der Waals surface area contributed by atoms with Crippen molar-refractivity contribution >= 4 is 11.9 Å². The summed E-state index contributed by atoms with van der Waals surface area (Å²) < 4.78 is 0. The van der Waals surface area contributed by atoms with Gasteiger partial charge in [-0.2, -0.15) is 0 Å². The fourth-order valence-corrected chi connectivity index (χ4v) is 3.40. The number of hydrogen-bond acceptors (Lipinski definition) is 3. The van der Waals surface area contributed by atoms with Crippen molar-refractivity contribution in [2.45, 2.75) is 51.6 Å². The molecule has 0 aromatic rings. The topological polar surface area (TPSA) is 78.4 Å². The van der Waals surface area contributed by atoms with Crippen molar-refractivity contribution in [2.75, 3.05) is 6.54 Å². The van der Waals surface area contributed by atoms with E-state index in [1.807, 2.05) is 13.8 Å². The summed E-state index contributed by atoms with van der Waals surface area (Å²) in [4.78, 5) is 23.5. The maximum absolute atomic E-state index is 12.3. The van der Waals surface area contributed by atoms with Gasteiger partial charge in [-0.15, -0.1) is 0 Å². The van der Waals surface area contributed by atoms with E-state index in [9.17, 15) is 14.7 Å². The molecular formula is C14H24N2O3. The third-order valence-corrected chi connectivity index (χ3v) is 4.81. The Balaban J connectivity index is 1.97. The molecule has 1 amide bonds. The van der Waals surface area contributed by atoms with E-state index >= 15 is 0 Å². The third kappa shape index (κ3) is 2.91. The summed E-state index contributed by atoms with van der Waals surface area (Å²) in [6.45, 7) is 4.69. The van der Waals surface area contributed by atoms with Gasteiger partial charge in [0.2, 0.25) is 5.91 Å². The van der Waals surface area contributed by atoms with E-state index < -0.39 is 12.0 Å². The van der Waals surface area contributed by atoms with Crippen molar-refractivity contribution in [3.05, 3.63) is 0 Å². The van der Waals surface area contributed by atoms with Gasteiger partial charge in [0.25, 0.3) is 0 Å². The molecule has 5 heteroatoms. The first-order chi connectivity index (χ1) is 9.04. The molecule has 1 saturated heterocycles. The molecule has 0 aromatic heterocycles. The van der Waals surface area contributed by atoms with Crippen LogP contribution in [-0.4, -0.2) is 35.6 Å². The quantitative estimate of drug-likeness (QED) is 0.695. The molecule has 2 fully saturated rings. The highest BCUT2D eigenvalue weighted by atomic mass is 16.4. The summed E-state index contributed by atoms with van der Waals surface area (Å²) in [7, 11) is 0. The first-order valence-electron chi connectivity index (χ1n) is 7.31. The minimum Gasteiger partial charge on any atom is -0.480 e. The van der Waals surface area contributed by atoms with E-state index in [0.29, 0.717) is 11.8 Å². The highest BCUT2D eigenvalue weighted by molar-refractivity contribution is 5.87. The molecule has 19 heavy (non-hydrogen) atoms. The van der Waals surface area contributed by atoms with E-state index in [-0.39, 0.29) is 17.9 Å². The normalized spacial score (nSPS) is 32.6. The number of carbonyl (C=O) groups excluding carboxylic acids is 1. The van der Waals surface area contributed by atoms with Crippen LogP contribution in [0, 0.1) is 17.8 Å². The molecule has 108 valence electrons. The van der Waals surface area contributed by atoms with Gasteiger partial charge in [0, 0.05) is 0 Å². The van der Waals surface area contributed by atoms with Crippen molar-refractivity contribution in [1.82, 2.24) is 10.6 Å². The average Bonchev–Trinajstić information content (AvgIpc) is 2.96. The van der Waals surface area contributed by atoms with Crippen molar-refractivity contribution in [3.63, 3.8) is 0 Å². The largest absolute Gasteiger partial charge is 0.480 e. The number of amides is 1. The van der Waals surface area contributed by atoms with Crippen LogP contribution in [0.15, 0.2) is 0 Å². The molecule has 2 rings (SSSR count). The number of fused-ring (bicyclic) bond motifs is 1. The lowest BCUT2D eigenvalue weighted by atomic mass is 9.92. The van der Waals surface area contributed by atoms with E-state index in [1.165, 1.54) is 12.8 Å². The fraction of sp³-hybridized carbons (Fsp3) is 0.857. The second-order valence-corrected chi connectivity index (χ2v) is 5.95. The number of nitrogens with one attached hydrogen (secondary N) is 2. The number of carboxylic acid groups (broad SMARTS) is 1. The summed E-state index contributed by atoms with van der Waals surface area (Å²) in [5, 5.41) is 15.2.